The number of anilines is 1. The van der Waals surface area contributed by atoms with Crippen molar-refractivity contribution in [1.29, 1.82) is 0 Å². The van der Waals surface area contributed by atoms with Crippen LogP contribution in [0.3, 0.4) is 0 Å². The minimum Gasteiger partial charge on any atom is -0.388 e. The number of amides is 1. The lowest BCUT2D eigenvalue weighted by Crippen LogP contribution is -2.26. The zero-order chi connectivity index (χ0) is 14.5. The highest BCUT2D eigenvalue weighted by atomic mass is 16.1. The Bertz CT molecular complexity index is 596. The van der Waals surface area contributed by atoms with E-state index in [1.54, 1.807) is 12.4 Å². The van der Waals surface area contributed by atoms with E-state index in [4.69, 9.17) is 0 Å². The molecule has 1 unspecified atom stereocenters. The average Bonchev–Trinajstić information content (AvgIpc) is 2.48. The largest absolute Gasteiger partial charge is 0.388 e. The summed E-state index contributed by atoms with van der Waals surface area (Å²) in [5.41, 5.74) is 3.73. The van der Waals surface area contributed by atoms with Crippen LogP contribution in [-0.4, -0.2) is 17.9 Å². The predicted molar refractivity (Wildman–Crippen MR) is 80.8 cm³/mol. The first-order chi connectivity index (χ1) is 9.61. The highest BCUT2D eigenvalue weighted by Gasteiger charge is 2.12. The summed E-state index contributed by atoms with van der Waals surface area (Å²) in [5, 5.41) is 6.07. The number of aromatic nitrogens is 1. The van der Waals surface area contributed by atoms with Crippen molar-refractivity contribution >= 4 is 11.6 Å². The molecule has 104 valence electrons. The van der Waals surface area contributed by atoms with Crippen LogP contribution < -0.4 is 10.6 Å². The van der Waals surface area contributed by atoms with Gasteiger partial charge < -0.3 is 10.6 Å². The predicted octanol–water partition coefficient (Wildman–Crippen LogP) is 2.92. The van der Waals surface area contributed by atoms with Crippen molar-refractivity contribution in [2.45, 2.75) is 19.9 Å². The lowest BCUT2D eigenvalue weighted by Gasteiger charge is -2.14. The molecule has 2 rings (SSSR count). The number of nitrogens with zero attached hydrogens (tertiary/aromatic N) is 1. The molecule has 2 N–H and O–H groups in total. The quantitative estimate of drug-likeness (QED) is 0.897. The number of benzene rings is 1. The number of pyridine rings is 1. The van der Waals surface area contributed by atoms with Crippen LogP contribution in [0.4, 0.5) is 5.69 Å². The van der Waals surface area contributed by atoms with Gasteiger partial charge in [-0.15, -0.1) is 0 Å². The fraction of sp³-hybridized carbons (Fsp3) is 0.250. The van der Waals surface area contributed by atoms with Crippen molar-refractivity contribution in [3.63, 3.8) is 0 Å². The van der Waals surface area contributed by atoms with E-state index in [9.17, 15) is 4.79 Å². The average molecular weight is 269 g/mol. The Morgan fingerprint density at radius 1 is 1.30 bits per heavy atom. The van der Waals surface area contributed by atoms with Crippen molar-refractivity contribution in [2.75, 3.05) is 12.4 Å². The maximum absolute atomic E-state index is 12.2. The van der Waals surface area contributed by atoms with E-state index in [1.165, 1.54) is 0 Å². The Kier molecular flexibility index (Phi) is 4.35. The number of rotatable bonds is 4. The fourth-order valence-electron chi connectivity index (χ4n) is 2.08. The Morgan fingerprint density at radius 3 is 2.70 bits per heavy atom. The standard InChI is InChI=1S/C16H19N3O/c1-11-9-13(6-7-15(11)17-3)16(20)19-12(2)14-5-4-8-18-10-14/h4-10,12,17H,1-3H3,(H,19,20). The minimum absolute atomic E-state index is 0.0690. The summed E-state index contributed by atoms with van der Waals surface area (Å²) in [6.07, 6.45) is 3.48. The van der Waals surface area contributed by atoms with Gasteiger partial charge >= 0.3 is 0 Å². The van der Waals surface area contributed by atoms with Gasteiger partial charge in [0.1, 0.15) is 0 Å². The van der Waals surface area contributed by atoms with Crippen molar-refractivity contribution in [1.82, 2.24) is 10.3 Å². The maximum Gasteiger partial charge on any atom is 0.251 e. The second kappa shape index (κ2) is 6.19. The lowest BCUT2D eigenvalue weighted by atomic mass is 10.1. The molecule has 4 heteroatoms. The number of nitrogens with one attached hydrogen (secondary N) is 2. The fourth-order valence-corrected chi connectivity index (χ4v) is 2.08. The molecule has 2 aromatic rings. The van der Waals surface area contributed by atoms with Gasteiger partial charge in [-0.1, -0.05) is 6.07 Å². The molecule has 0 aliphatic rings. The summed E-state index contributed by atoms with van der Waals surface area (Å²) >= 11 is 0. The zero-order valence-corrected chi connectivity index (χ0v) is 12.0. The molecule has 0 spiro atoms. The van der Waals surface area contributed by atoms with Gasteiger partial charge in [0.25, 0.3) is 5.91 Å². The van der Waals surface area contributed by atoms with Gasteiger partial charge in [0.2, 0.25) is 0 Å². The topological polar surface area (TPSA) is 54.0 Å². The number of hydrogen-bond donors (Lipinski definition) is 2. The molecule has 0 bridgehead atoms. The first kappa shape index (κ1) is 14.1. The van der Waals surface area contributed by atoms with Gasteiger partial charge in [0, 0.05) is 30.7 Å². The Morgan fingerprint density at radius 2 is 2.10 bits per heavy atom. The molecule has 1 aromatic carbocycles. The van der Waals surface area contributed by atoms with E-state index in [1.807, 2.05) is 51.2 Å². The molecule has 0 fully saturated rings. The van der Waals surface area contributed by atoms with Crippen LogP contribution in [0.15, 0.2) is 42.7 Å². The molecule has 4 nitrogen and oxygen atoms in total. The van der Waals surface area contributed by atoms with Gasteiger partial charge in [-0.05, 0) is 49.2 Å². The second-order valence-electron chi connectivity index (χ2n) is 4.76. The molecule has 0 aliphatic carbocycles. The molecule has 1 heterocycles. The van der Waals surface area contributed by atoms with Gasteiger partial charge in [0.15, 0.2) is 0 Å². The Balaban J connectivity index is 2.10. The third-order valence-electron chi connectivity index (χ3n) is 3.29. The van der Waals surface area contributed by atoms with Gasteiger partial charge in [0.05, 0.1) is 6.04 Å². The summed E-state index contributed by atoms with van der Waals surface area (Å²) in [6.45, 7) is 3.93. The Hall–Kier alpha value is -2.36. The first-order valence-electron chi connectivity index (χ1n) is 6.61. The number of carbonyl (C=O) groups excluding carboxylic acids is 1. The minimum atomic E-state index is -0.0768. The van der Waals surface area contributed by atoms with Crippen LogP contribution in [0.5, 0.6) is 0 Å². The van der Waals surface area contributed by atoms with Crippen LogP contribution in [0.25, 0.3) is 0 Å². The second-order valence-corrected chi connectivity index (χ2v) is 4.76. The van der Waals surface area contributed by atoms with Crippen LogP contribution in [0.2, 0.25) is 0 Å². The van der Waals surface area contributed by atoms with Gasteiger partial charge in [-0.3, -0.25) is 9.78 Å². The summed E-state index contributed by atoms with van der Waals surface area (Å²) in [6, 6.07) is 9.37. The zero-order valence-electron chi connectivity index (χ0n) is 12.0. The van der Waals surface area contributed by atoms with Crippen LogP contribution in [-0.2, 0) is 0 Å². The molecule has 20 heavy (non-hydrogen) atoms. The van der Waals surface area contributed by atoms with E-state index in [0.29, 0.717) is 5.56 Å². The van der Waals surface area contributed by atoms with Gasteiger partial charge in [-0.25, -0.2) is 0 Å². The normalized spacial score (nSPS) is 11.8. The molecular weight excluding hydrogens is 250 g/mol. The maximum atomic E-state index is 12.2. The monoisotopic (exact) mass is 269 g/mol. The number of aryl methyl sites for hydroxylation is 1. The third-order valence-corrected chi connectivity index (χ3v) is 3.29. The molecule has 1 aromatic heterocycles. The smallest absolute Gasteiger partial charge is 0.251 e. The van der Waals surface area contributed by atoms with Crippen LogP contribution in [0, 0.1) is 6.92 Å². The summed E-state index contributed by atoms with van der Waals surface area (Å²) in [7, 11) is 1.87. The van der Waals surface area contributed by atoms with Gasteiger partial charge in [-0.2, -0.15) is 0 Å². The van der Waals surface area contributed by atoms with E-state index in [0.717, 1.165) is 16.8 Å². The van der Waals surface area contributed by atoms with Crippen LogP contribution >= 0.6 is 0 Å². The highest BCUT2D eigenvalue weighted by molar-refractivity contribution is 5.95. The molecule has 1 atom stereocenters. The van der Waals surface area contributed by atoms with Crippen molar-refractivity contribution in [3.05, 3.63) is 59.4 Å². The summed E-state index contributed by atoms with van der Waals surface area (Å²) in [4.78, 5) is 16.3. The summed E-state index contributed by atoms with van der Waals surface area (Å²) < 4.78 is 0. The van der Waals surface area contributed by atoms with Crippen molar-refractivity contribution < 1.29 is 4.79 Å². The molecular formula is C16H19N3O. The molecule has 0 aliphatic heterocycles. The van der Waals surface area contributed by atoms with Crippen molar-refractivity contribution in [2.24, 2.45) is 0 Å². The molecule has 0 radical (unpaired) electrons. The third kappa shape index (κ3) is 3.15. The first-order valence-corrected chi connectivity index (χ1v) is 6.61. The summed E-state index contributed by atoms with van der Waals surface area (Å²) in [5.74, 6) is -0.0768. The van der Waals surface area contributed by atoms with Crippen LogP contribution in [0.1, 0.15) is 34.5 Å². The molecule has 1 amide bonds. The molecule has 0 saturated carbocycles. The van der Waals surface area contributed by atoms with E-state index in [-0.39, 0.29) is 11.9 Å². The highest BCUT2D eigenvalue weighted by Crippen LogP contribution is 2.17. The lowest BCUT2D eigenvalue weighted by molar-refractivity contribution is 0.0940. The molecule has 0 saturated heterocycles. The number of carbonyl (C=O) groups is 1. The number of hydrogen-bond acceptors (Lipinski definition) is 3. The van der Waals surface area contributed by atoms with Crippen molar-refractivity contribution in [3.8, 4) is 0 Å². The Labute approximate surface area is 119 Å². The van der Waals surface area contributed by atoms with E-state index in [2.05, 4.69) is 15.6 Å². The SMILES string of the molecule is CNc1ccc(C(=O)NC(C)c2cccnc2)cc1C. The van der Waals surface area contributed by atoms with E-state index >= 15 is 0 Å². The van der Waals surface area contributed by atoms with E-state index < -0.39 is 0 Å².